The van der Waals surface area contributed by atoms with E-state index in [4.69, 9.17) is 9.26 Å². The summed E-state index contributed by atoms with van der Waals surface area (Å²) in [5, 5.41) is 7.62. The first kappa shape index (κ1) is 20.8. The largest absolute Gasteiger partial charge is 0.497 e. The van der Waals surface area contributed by atoms with E-state index in [9.17, 15) is 4.79 Å². The molecule has 1 aliphatic heterocycles. The first-order chi connectivity index (χ1) is 14.6. The Bertz CT molecular complexity index is 837. The zero-order chi connectivity index (χ0) is 21.0. The number of rotatable bonds is 7. The van der Waals surface area contributed by atoms with E-state index in [1.54, 1.807) is 14.0 Å². The molecule has 162 valence electrons. The first-order valence-corrected chi connectivity index (χ1v) is 10.8. The molecule has 1 saturated heterocycles. The van der Waals surface area contributed by atoms with Crippen molar-refractivity contribution in [2.24, 2.45) is 0 Å². The average molecular weight is 414 g/mol. The molecule has 2 aromatic rings. The molecule has 0 unspecified atom stereocenters. The predicted octanol–water partition coefficient (Wildman–Crippen LogP) is 2.09. The van der Waals surface area contributed by atoms with Gasteiger partial charge in [-0.1, -0.05) is 30.1 Å². The lowest BCUT2D eigenvalue weighted by atomic mass is 9.96. The van der Waals surface area contributed by atoms with Gasteiger partial charge < -0.3 is 14.2 Å². The van der Waals surface area contributed by atoms with Crippen molar-refractivity contribution in [1.82, 2.24) is 25.3 Å². The third-order valence-electron chi connectivity index (χ3n) is 6.28. The maximum Gasteiger partial charge on any atom is 0.236 e. The van der Waals surface area contributed by atoms with E-state index in [0.29, 0.717) is 18.3 Å². The van der Waals surface area contributed by atoms with Gasteiger partial charge in [0.2, 0.25) is 11.8 Å². The van der Waals surface area contributed by atoms with Crippen LogP contribution >= 0.6 is 0 Å². The molecule has 8 nitrogen and oxygen atoms in total. The second kappa shape index (κ2) is 9.14. The highest BCUT2D eigenvalue weighted by Gasteiger charge is 2.40. The van der Waals surface area contributed by atoms with Crippen LogP contribution in [0, 0.1) is 6.92 Å². The van der Waals surface area contributed by atoms with Crippen LogP contribution in [0.4, 0.5) is 0 Å². The summed E-state index contributed by atoms with van der Waals surface area (Å²) in [6.45, 7) is 6.28. The minimum absolute atomic E-state index is 0.144. The first-order valence-electron chi connectivity index (χ1n) is 10.8. The number of carbonyl (C=O) groups excluding carboxylic acids is 1. The maximum absolute atomic E-state index is 12.8. The van der Waals surface area contributed by atoms with Gasteiger partial charge in [0.25, 0.3) is 0 Å². The highest BCUT2D eigenvalue weighted by molar-refractivity contribution is 5.78. The molecule has 4 rings (SSSR count). The summed E-state index contributed by atoms with van der Waals surface area (Å²) < 4.78 is 10.4. The fourth-order valence-corrected chi connectivity index (χ4v) is 4.45. The van der Waals surface area contributed by atoms with Crippen molar-refractivity contribution in [2.45, 2.75) is 44.7 Å². The average Bonchev–Trinajstić information content (AvgIpc) is 3.43. The lowest BCUT2D eigenvalue weighted by Crippen LogP contribution is -2.52. The van der Waals surface area contributed by atoms with Gasteiger partial charge in [-0.2, -0.15) is 4.98 Å². The van der Waals surface area contributed by atoms with Crippen molar-refractivity contribution >= 4 is 5.91 Å². The Hall–Kier alpha value is -2.45. The Balaban J connectivity index is 1.27. The van der Waals surface area contributed by atoms with Crippen molar-refractivity contribution in [3.8, 4) is 5.75 Å². The van der Waals surface area contributed by atoms with Gasteiger partial charge in [-0.05, 0) is 30.5 Å². The fourth-order valence-electron chi connectivity index (χ4n) is 4.45. The van der Waals surface area contributed by atoms with Crippen molar-refractivity contribution in [3.05, 3.63) is 41.5 Å². The standard InChI is InChI=1S/C22H31N5O3/c1-17-24-21(25-30-17)22(9-3-4-10-22)23-15-20(28)27-13-11-26(12-14-27)16-18-5-7-19(29-2)8-6-18/h5-8,23H,3-4,9-16H2,1-2H3. The van der Waals surface area contributed by atoms with Crippen LogP contribution in [0.3, 0.4) is 0 Å². The van der Waals surface area contributed by atoms with E-state index in [0.717, 1.165) is 64.2 Å². The van der Waals surface area contributed by atoms with E-state index in [-0.39, 0.29) is 11.4 Å². The Morgan fingerprint density at radius 1 is 1.17 bits per heavy atom. The van der Waals surface area contributed by atoms with Crippen LogP contribution in [0.2, 0.25) is 0 Å². The zero-order valence-electron chi connectivity index (χ0n) is 17.9. The van der Waals surface area contributed by atoms with Crippen molar-refractivity contribution < 1.29 is 14.1 Å². The van der Waals surface area contributed by atoms with Gasteiger partial charge >= 0.3 is 0 Å². The SMILES string of the molecule is COc1ccc(CN2CCN(C(=O)CNC3(c4noc(C)n4)CCCC3)CC2)cc1. The van der Waals surface area contributed by atoms with Crippen LogP contribution in [-0.4, -0.2) is 65.7 Å². The highest BCUT2D eigenvalue weighted by Crippen LogP contribution is 2.37. The number of benzene rings is 1. The van der Waals surface area contributed by atoms with E-state index in [1.165, 1.54) is 5.56 Å². The van der Waals surface area contributed by atoms with Gasteiger partial charge in [0.1, 0.15) is 5.75 Å². The molecule has 1 N–H and O–H groups in total. The van der Waals surface area contributed by atoms with Gasteiger partial charge in [-0.25, -0.2) is 0 Å². The Morgan fingerprint density at radius 2 is 1.87 bits per heavy atom. The molecule has 1 amide bonds. The monoisotopic (exact) mass is 413 g/mol. The molecule has 30 heavy (non-hydrogen) atoms. The molecule has 8 heteroatoms. The third kappa shape index (κ3) is 4.65. The molecule has 2 fully saturated rings. The second-order valence-electron chi connectivity index (χ2n) is 8.28. The van der Waals surface area contributed by atoms with Gasteiger partial charge in [0.15, 0.2) is 5.82 Å². The molecule has 1 aromatic carbocycles. The maximum atomic E-state index is 12.8. The molecule has 2 heterocycles. The third-order valence-corrected chi connectivity index (χ3v) is 6.28. The number of aryl methyl sites for hydroxylation is 1. The quantitative estimate of drug-likeness (QED) is 0.744. The molecular formula is C22H31N5O3. The molecule has 1 saturated carbocycles. The molecule has 0 atom stereocenters. The number of piperazine rings is 1. The molecule has 0 spiro atoms. The fraction of sp³-hybridized carbons (Fsp3) is 0.591. The van der Waals surface area contributed by atoms with E-state index in [1.807, 2.05) is 17.0 Å². The Kier molecular flexibility index (Phi) is 6.34. The number of hydrogen-bond acceptors (Lipinski definition) is 7. The summed E-state index contributed by atoms with van der Waals surface area (Å²) in [6.07, 6.45) is 4.10. The van der Waals surface area contributed by atoms with Crippen molar-refractivity contribution in [3.63, 3.8) is 0 Å². The van der Waals surface area contributed by atoms with E-state index < -0.39 is 0 Å². The summed E-state index contributed by atoms with van der Waals surface area (Å²) in [4.78, 5) is 21.6. The zero-order valence-corrected chi connectivity index (χ0v) is 17.9. The number of amides is 1. The lowest BCUT2D eigenvalue weighted by molar-refractivity contribution is -0.132. The number of ether oxygens (including phenoxy) is 1. The van der Waals surface area contributed by atoms with Crippen LogP contribution in [0.5, 0.6) is 5.75 Å². The topological polar surface area (TPSA) is 83.7 Å². The van der Waals surface area contributed by atoms with Crippen LogP contribution in [0.15, 0.2) is 28.8 Å². The minimum atomic E-state index is -0.330. The summed E-state index contributed by atoms with van der Waals surface area (Å²) in [6, 6.07) is 8.18. The van der Waals surface area contributed by atoms with E-state index >= 15 is 0 Å². The van der Waals surface area contributed by atoms with Crippen LogP contribution in [0.25, 0.3) is 0 Å². The molecule has 1 aliphatic carbocycles. The Morgan fingerprint density at radius 3 is 2.47 bits per heavy atom. The van der Waals surface area contributed by atoms with Crippen LogP contribution in [-0.2, 0) is 16.9 Å². The summed E-state index contributed by atoms with van der Waals surface area (Å²) >= 11 is 0. The van der Waals surface area contributed by atoms with Gasteiger partial charge in [-0.3, -0.25) is 15.0 Å². The number of nitrogens with one attached hydrogen (secondary N) is 1. The smallest absolute Gasteiger partial charge is 0.236 e. The number of carbonyl (C=O) groups is 1. The summed E-state index contributed by atoms with van der Waals surface area (Å²) in [5.41, 5.74) is 0.930. The van der Waals surface area contributed by atoms with Crippen molar-refractivity contribution in [2.75, 3.05) is 39.8 Å². The normalized spacial score (nSPS) is 19.2. The minimum Gasteiger partial charge on any atom is -0.497 e. The number of hydrogen-bond donors (Lipinski definition) is 1. The Labute approximate surface area is 177 Å². The molecule has 0 bridgehead atoms. The molecule has 1 aromatic heterocycles. The van der Waals surface area contributed by atoms with Crippen molar-refractivity contribution in [1.29, 1.82) is 0 Å². The lowest BCUT2D eigenvalue weighted by Gasteiger charge is -2.35. The van der Waals surface area contributed by atoms with E-state index in [2.05, 4.69) is 32.5 Å². The number of nitrogens with zero attached hydrogens (tertiary/aromatic N) is 4. The summed E-state index contributed by atoms with van der Waals surface area (Å²) in [5.74, 6) is 2.27. The summed E-state index contributed by atoms with van der Waals surface area (Å²) in [7, 11) is 1.68. The molecular weight excluding hydrogens is 382 g/mol. The van der Waals surface area contributed by atoms with Gasteiger partial charge in [0, 0.05) is 39.6 Å². The van der Waals surface area contributed by atoms with Crippen LogP contribution < -0.4 is 10.1 Å². The van der Waals surface area contributed by atoms with Gasteiger partial charge in [0.05, 0.1) is 19.2 Å². The predicted molar refractivity (Wildman–Crippen MR) is 112 cm³/mol. The number of aromatic nitrogens is 2. The molecule has 0 radical (unpaired) electrons. The van der Waals surface area contributed by atoms with Crippen LogP contribution in [0.1, 0.15) is 43.0 Å². The van der Waals surface area contributed by atoms with Gasteiger partial charge in [-0.15, -0.1) is 0 Å². The number of methoxy groups -OCH3 is 1. The second-order valence-corrected chi connectivity index (χ2v) is 8.28. The highest BCUT2D eigenvalue weighted by atomic mass is 16.5. The molecule has 2 aliphatic rings.